The molecule has 1 aliphatic heterocycles. The molecule has 1 aromatic heterocycles. The number of nitrogens with one attached hydrogen (secondary N) is 1. The second-order valence-corrected chi connectivity index (χ2v) is 8.41. The fourth-order valence-electron chi connectivity index (χ4n) is 4.16. The Balaban J connectivity index is 1.44. The van der Waals surface area contributed by atoms with E-state index in [1.807, 2.05) is 59.5 Å². The number of allylic oxidation sites excluding steroid dienone is 1. The summed E-state index contributed by atoms with van der Waals surface area (Å²) in [5, 5.41) is 15.5. The van der Waals surface area contributed by atoms with Gasteiger partial charge in [-0.3, -0.25) is 9.69 Å². The van der Waals surface area contributed by atoms with Crippen LogP contribution in [0.15, 0.2) is 84.9 Å². The number of fused-ring (bicyclic) bond motifs is 1. The molecule has 0 saturated carbocycles. The van der Waals surface area contributed by atoms with Gasteiger partial charge in [-0.15, -0.1) is 0 Å². The molecule has 1 amide bonds. The molecule has 3 aromatic carbocycles. The number of methoxy groups -OCH3 is 1. The third kappa shape index (κ3) is 4.77. The molecule has 0 fully saturated rings. The Bertz CT molecular complexity index is 1350. The summed E-state index contributed by atoms with van der Waals surface area (Å²) in [4.78, 5) is 14.9. The van der Waals surface area contributed by atoms with Crippen LogP contribution in [-0.2, 0) is 11.3 Å². The van der Waals surface area contributed by atoms with E-state index in [1.165, 1.54) is 5.56 Å². The number of tetrazole rings is 1. The van der Waals surface area contributed by atoms with Gasteiger partial charge in [-0.1, -0.05) is 77.4 Å². The molecule has 1 aliphatic rings. The van der Waals surface area contributed by atoms with Crippen LogP contribution < -0.4 is 15.0 Å². The first-order chi connectivity index (χ1) is 17.1. The van der Waals surface area contributed by atoms with Crippen LogP contribution in [0, 0.1) is 6.92 Å². The smallest absolute Gasteiger partial charge is 0.251 e. The van der Waals surface area contributed by atoms with E-state index in [0.29, 0.717) is 12.5 Å². The normalized spacial score (nSPS) is 14.7. The predicted octanol–water partition coefficient (Wildman–Crippen LogP) is 3.76. The number of aryl methyl sites for hydroxylation is 1. The maximum atomic E-state index is 13.0. The minimum absolute atomic E-state index is 0.0751. The summed E-state index contributed by atoms with van der Waals surface area (Å²) in [6.45, 7) is 2.53. The van der Waals surface area contributed by atoms with Crippen LogP contribution in [0.1, 0.15) is 28.3 Å². The van der Waals surface area contributed by atoms with Crippen molar-refractivity contribution in [3.05, 3.63) is 107 Å². The third-order valence-corrected chi connectivity index (χ3v) is 6.00. The summed E-state index contributed by atoms with van der Waals surface area (Å²) >= 11 is 0. The molecular weight excluding hydrogens is 440 g/mol. The zero-order chi connectivity index (χ0) is 24.2. The number of amides is 1. The van der Waals surface area contributed by atoms with Gasteiger partial charge in [-0.2, -0.15) is 4.68 Å². The molecule has 1 atom stereocenters. The maximum Gasteiger partial charge on any atom is 0.251 e. The van der Waals surface area contributed by atoms with Crippen molar-refractivity contribution in [2.75, 3.05) is 18.6 Å². The zero-order valence-electron chi connectivity index (χ0n) is 19.6. The third-order valence-electron chi connectivity index (χ3n) is 6.00. The van der Waals surface area contributed by atoms with Crippen molar-refractivity contribution in [1.82, 2.24) is 25.5 Å². The maximum absolute atomic E-state index is 13.0. The van der Waals surface area contributed by atoms with Gasteiger partial charge in [0.25, 0.3) is 5.95 Å². The number of ether oxygens (including phenoxy) is 1. The summed E-state index contributed by atoms with van der Waals surface area (Å²) in [5.41, 5.74) is 5.08. The minimum Gasteiger partial charge on any atom is -0.497 e. The average Bonchev–Trinajstić information content (AvgIpc) is 3.39. The topological polar surface area (TPSA) is 85.2 Å². The summed E-state index contributed by atoms with van der Waals surface area (Å²) in [6, 6.07) is 25.8. The van der Waals surface area contributed by atoms with E-state index in [9.17, 15) is 4.79 Å². The molecule has 0 bridgehead atoms. The van der Waals surface area contributed by atoms with E-state index in [2.05, 4.69) is 58.1 Å². The number of aromatic nitrogens is 4. The van der Waals surface area contributed by atoms with E-state index in [0.717, 1.165) is 28.1 Å². The molecule has 0 saturated heterocycles. The molecule has 5 rings (SSSR count). The molecular formula is C27H26N6O2. The van der Waals surface area contributed by atoms with Crippen LogP contribution in [0.25, 0.3) is 5.70 Å². The molecule has 0 aliphatic carbocycles. The first-order valence-corrected chi connectivity index (χ1v) is 11.4. The second kappa shape index (κ2) is 9.80. The van der Waals surface area contributed by atoms with Crippen LogP contribution in [0.3, 0.4) is 0 Å². The average molecular weight is 467 g/mol. The predicted molar refractivity (Wildman–Crippen MR) is 134 cm³/mol. The Morgan fingerprint density at radius 3 is 2.60 bits per heavy atom. The van der Waals surface area contributed by atoms with Crippen LogP contribution in [-0.4, -0.2) is 39.8 Å². The van der Waals surface area contributed by atoms with Crippen LogP contribution in [0.4, 0.5) is 5.95 Å². The first-order valence-electron chi connectivity index (χ1n) is 11.4. The number of rotatable bonds is 7. The molecule has 1 N–H and O–H groups in total. The van der Waals surface area contributed by atoms with E-state index in [1.54, 1.807) is 11.8 Å². The highest BCUT2D eigenvalue weighted by Crippen LogP contribution is 2.36. The van der Waals surface area contributed by atoms with Crippen LogP contribution in [0.2, 0.25) is 0 Å². The van der Waals surface area contributed by atoms with Crippen molar-refractivity contribution in [2.24, 2.45) is 0 Å². The highest BCUT2D eigenvalue weighted by Gasteiger charge is 2.31. The van der Waals surface area contributed by atoms with E-state index >= 15 is 0 Å². The number of nitrogens with zero attached hydrogens (tertiary/aromatic N) is 5. The lowest BCUT2D eigenvalue weighted by atomic mass is 10.00. The lowest BCUT2D eigenvalue weighted by molar-refractivity contribution is -0.119. The molecule has 4 aromatic rings. The summed E-state index contributed by atoms with van der Waals surface area (Å²) in [5.74, 6) is 1.13. The van der Waals surface area contributed by atoms with Crippen molar-refractivity contribution in [2.45, 2.75) is 19.5 Å². The minimum atomic E-state index is -0.188. The van der Waals surface area contributed by atoms with Crippen molar-refractivity contribution >= 4 is 17.6 Å². The molecule has 0 unspecified atom stereocenters. The number of anilines is 1. The number of hydrogen-bond donors (Lipinski definition) is 1. The standard InChI is InChI=1S/C27H26N6O2/c1-19-11-13-22(14-12-19)25-16-24(21-8-4-3-5-9-21)32(27-29-30-31-33(25)27)18-26(34)28-17-20-7-6-10-23(15-20)35-2/h3-16,25H,17-18H2,1-2H3,(H,28,34)/t25-/m0/s1. The molecule has 35 heavy (non-hydrogen) atoms. The number of carbonyl (C=O) groups excluding carboxylic acids is 1. The molecule has 2 heterocycles. The molecule has 8 heteroatoms. The monoisotopic (exact) mass is 466 g/mol. The van der Waals surface area contributed by atoms with Gasteiger partial charge < -0.3 is 10.1 Å². The van der Waals surface area contributed by atoms with Crippen LogP contribution in [0.5, 0.6) is 5.75 Å². The van der Waals surface area contributed by atoms with Gasteiger partial charge in [0.15, 0.2) is 0 Å². The number of hydrogen-bond acceptors (Lipinski definition) is 6. The van der Waals surface area contributed by atoms with Gasteiger partial charge in [0, 0.05) is 6.54 Å². The number of carbonyl (C=O) groups is 1. The fourth-order valence-corrected chi connectivity index (χ4v) is 4.16. The van der Waals surface area contributed by atoms with Crippen molar-refractivity contribution in [3.63, 3.8) is 0 Å². The van der Waals surface area contributed by atoms with Gasteiger partial charge in [0.1, 0.15) is 18.3 Å². The molecule has 0 radical (unpaired) electrons. The van der Waals surface area contributed by atoms with Crippen molar-refractivity contribution in [3.8, 4) is 5.75 Å². The lowest BCUT2D eigenvalue weighted by Gasteiger charge is -2.32. The quantitative estimate of drug-likeness (QED) is 0.447. The highest BCUT2D eigenvalue weighted by molar-refractivity contribution is 5.89. The molecule has 176 valence electrons. The first kappa shape index (κ1) is 22.3. The van der Waals surface area contributed by atoms with Gasteiger partial charge in [-0.25, -0.2) is 0 Å². The SMILES string of the molecule is COc1cccc(CNC(=O)CN2C(c3ccccc3)=C[C@@H](c3ccc(C)cc3)n3nnnc32)c1. The second-order valence-electron chi connectivity index (χ2n) is 8.41. The lowest BCUT2D eigenvalue weighted by Crippen LogP contribution is -2.39. The Morgan fingerprint density at radius 1 is 1.03 bits per heavy atom. The zero-order valence-corrected chi connectivity index (χ0v) is 19.6. The summed E-state index contributed by atoms with van der Waals surface area (Å²) in [6.07, 6.45) is 2.11. The van der Waals surface area contributed by atoms with E-state index < -0.39 is 0 Å². The number of benzene rings is 3. The van der Waals surface area contributed by atoms with E-state index in [-0.39, 0.29) is 18.5 Å². The van der Waals surface area contributed by atoms with Crippen LogP contribution >= 0.6 is 0 Å². The Kier molecular flexibility index (Phi) is 6.26. The summed E-state index contributed by atoms with van der Waals surface area (Å²) < 4.78 is 7.03. The van der Waals surface area contributed by atoms with Crippen molar-refractivity contribution < 1.29 is 9.53 Å². The Hall–Kier alpha value is -4.46. The van der Waals surface area contributed by atoms with E-state index in [4.69, 9.17) is 4.74 Å². The highest BCUT2D eigenvalue weighted by atomic mass is 16.5. The largest absolute Gasteiger partial charge is 0.497 e. The van der Waals surface area contributed by atoms with Gasteiger partial charge >= 0.3 is 0 Å². The Labute approximate surface area is 203 Å². The molecule has 8 nitrogen and oxygen atoms in total. The summed E-state index contributed by atoms with van der Waals surface area (Å²) in [7, 11) is 1.62. The Morgan fingerprint density at radius 2 is 1.83 bits per heavy atom. The van der Waals surface area contributed by atoms with Gasteiger partial charge in [0.05, 0.1) is 12.8 Å². The van der Waals surface area contributed by atoms with Gasteiger partial charge in [0.2, 0.25) is 5.91 Å². The fraction of sp³-hybridized carbons (Fsp3) is 0.185. The molecule has 0 spiro atoms. The van der Waals surface area contributed by atoms with Gasteiger partial charge in [-0.05, 0) is 52.2 Å². The van der Waals surface area contributed by atoms with Crippen molar-refractivity contribution in [1.29, 1.82) is 0 Å².